The Morgan fingerprint density at radius 1 is 1.41 bits per heavy atom. The number of alkyl halides is 1. The lowest BCUT2D eigenvalue weighted by Crippen LogP contribution is -2.39. The molecule has 0 spiro atoms. The van der Waals surface area contributed by atoms with Gasteiger partial charge in [0.25, 0.3) is 0 Å². The molecule has 0 bridgehead atoms. The van der Waals surface area contributed by atoms with Crippen LogP contribution >= 0.6 is 15.9 Å². The Morgan fingerprint density at radius 2 is 2.12 bits per heavy atom. The van der Waals surface area contributed by atoms with Crippen molar-refractivity contribution in [2.24, 2.45) is 0 Å². The van der Waals surface area contributed by atoms with Gasteiger partial charge < -0.3 is 5.32 Å². The molecule has 2 nitrogen and oxygen atoms in total. The third kappa shape index (κ3) is 3.09. The van der Waals surface area contributed by atoms with Crippen molar-refractivity contribution < 1.29 is 4.79 Å². The van der Waals surface area contributed by atoms with Crippen molar-refractivity contribution in [1.82, 2.24) is 5.32 Å². The van der Waals surface area contributed by atoms with E-state index in [2.05, 4.69) is 53.3 Å². The average Bonchev–Trinajstić information content (AvgIpc) is 3.04. The number of hydrogen-bond acceptors (Lipinski definition) is 1. The summed E-state index contributed by atoms with van der Waals surface area (Å²) in [5.41, 5.74) is 3.58. The van der Waals surface area contributed by atoms with Crippen LogP contribution in [0.25, 0.3) is 0 Å². The van der Waals surface area contributed by atoms with E-state index >= 15 is 0 Å². The molecule has 0 radical (unpaired) electrons. The number of nitrogens with one attached hydrogen (secondary N) is 1. The molecule has 1 N–H and O–H groups in total. The lowest BCUT2D eigenvalue weighted by Gasteiger charge is -2.15. The summed E-state index contributed by atoms with van der Waals surface area (Å²) in [6, 6.07) is 6.26. The van der Waals surface area contributed by atoms with Crippen LogP contribution in [-0.2, 0) is 11.2 Å². The smallest absolute Gasteiger partial charge is 0.224 e. The fourth-order valence-electron chi connectivity index (χ4n) is 1.95. The standard InChI is InChI=1S/C14H18BrNO/c1-10-3-4-11(2)12(7-10)8-13(17)16-14(9-15)5-6-14/h3-4,7H,5-6,8-9H2,1-2H3,(H,16,17). The molecule has 1 fully saturated rings. The van der Waals surface area contributed by atoms with Crippen molar-refractivity contribution in [3.63, 3.8) is 0 Å². The third-order valence-electron chi connectivity index (χ3n) is 3.37. The minimum atomic E-state index is 0.0504. The number of halogens is 1. The van der Waals surface area contributed by atoms with Gasteiger partial charge in [-0.3, -0.25) is 4.79 Å². The fourth-order valence-corrected chi connectivity index (χ4v) is 2.65. The zero-order valence-corrected chi connectivity index (χ0v) is 11.9. The second-order valence-corrected chi connectivity index (χ2v) is 5.63. The third-order valence-corrected chi connectivity index (χ3v) is 4.44. The van der Waals surface area contributed by atoms with E-state index in [1.165, 1.54) is 11.1 Å². The van der Waals surface area contributed by atoms with Gasteiger partial charge in [-0.25, -0.2) is 0 Å². The van der Waals surface area contributed by atoms with E-state index in [-0.39, 0.29) is 11.4 Å². The highest BCUT2D eigenvalue weighted by molar-refractivity contribution is 9.09. The number of hydrogen-bond donors (Lipinski definition) is 1. The monoisotopic (exact) mass is 295 g/mol. The molecular weight excluding hydrogens is 278 g/mol. The van der Waals surface area contributed by atoms with Crippen LogP contribution in [-0.4, -0.2) is 16.8 Å². The predicted octanol–water partition coefficient (Wildman–Crippen LogP) is 2.89. The van der Waals surface area contributed by atoms with E-state index in [4.69, 9.17) is 0 Å². The van der Waals surface area contributed by atoms with Crippen LogP contribution in [0.5, 0.6) is 0 Å². The number of aryl methyl sites for hydroxylation is 2. The zero-order chi connectivity index (χ0) is 12.5. The predicted molar refractivity (Wildman–Crippen MR) is 73.5 cm³/mol. The molecule has 1 amide bonds. The number of benzene rings is 1. The second kappa shape index (κ2) is 4.81. The van der Waals surface area contributed by atoms with Gasteiger partial charge in [0.05, 0.1) is 6.42 Å². The van der Waals surface area contributed by atoms with Gasteiger partial charge in [-0.2, -0.15) is 0 Å². The number of carbonyl (C=O) groups excluding carboxylic acids is 1. The Kier molecular flexibility index (Phi) is 3.57. The van der Waals surface area contributed by atoms with Crippen molar-refractivity contribution in [3.8, 4) is 0 Å². The first-order valence-electron chi connectivity index (χ1n) is 5.98. The maximum atomic E-state index is 12.0. The van der Waals surface area contributed by atoms with Crippen LogP contribution in [0, 0.1) is 13.8 Å². The summed E-state index contributed by atoms with van der Waals surface area (Å²) < 4.78 is 0. The molecule has 1 aromatic rings. The van der Waals surface area contributed by atoms with Gasteiger partial charge in [-0.1, -0.05) is 39.7 Å². The van der Waals surface area contributed by atoms with Crippen molar-refractivity contribution in [3.05, 3.63) is 34.9 Å². The van der Waals surface area contributed by atoms with Gasteiger partial charge in [-0.05, 0) is 37.8 Å². The first-order valence-corrected chi connectivity index (χ1v) is 7.10. The number of carbonyl (C=O) groups is 1. The molecule has 3 heteroatoms. The summed E-state index contributed by atoms with van der Waals surface area (Å²) in [5.74, 6) is 0.135. The second-order valence-electron chi connectivity index (χ2n) is 5.07. The minimum Gasteiger partial charge on any atom is -0.350 e. The number of rotatable bonds is 4. The van der Waals surface area contributed by atoms with Crippen molar-refractivity contribution in [2.75, 3.05) is 5.33 Å². The maximum absolute atomic E-state index is 12.0. The molecule has 0 aliphatic heterocycles. The Morgan fingerprint density at radius 3 is 2.71 bits per heavy atom. The van der Waals surface area contributed by atoms with E-state index in [1.807, 2.05) is 0 Å². The van der Waals surface area contributed by atoms with Gasteiger partial charge in [-0.15, -0.1) is 0 Å². The summed E-state index contributed by atoms with van der Waals surface area (Å²) in [6.45, 7) is 4.11. The van der Waals surface area contributed by atoms with Crippen molar-refractivity contribution in [2.45, 2.75) is 38.6 Å². The topological polar surface area (TPSA) is 29.1 Å². The Hall–Kier alpha value is -0.830. The quantitative estimate of drug-likeness (QED) is 0.851. The van der Waals surface area contributed by atoms with E-state index in [0.717, 1.165) is 23.7 Å². The SMILES string of the molecule is Cc1ccc(C)c(CC(=O)NC2(CBr)CC2)c1. The molecule has 1 saturated carbocycles. The Labute approximate surface area is 111 Å². The average molecular weight is 296 g/mol. The van der Waals surface area contributed by atoms with Gasteiger partial charge in [0.2, 0.25) is 5.91 Å². The van der Waals surface area contributed by atoms with Crippen LogP contribution in [0.1, 0.15) is 29.5 Å². The van der Waals surface area contributed by atoms with Crippen LogP contribution < -0.4 is 5.32 Å². The molecule has 92 valence electrons. The largest absolute Gasteiger partial charge is 0.350 e. The molecule has 2 rings (SSSR count). The van der Waals surface area contributed by atoms with E-state index < -0.39 is 0 Å². The van der Waals surface area contributed by atoms with Gasteiger partial charge in [0, 0.05) is 10.9 Å². The molecular formula is C14H18BrNO. The molecule has 0 unspecified atom stereocenters. The van der Waals surface area contributed by atoms with Gasteiger partial charge >= 0.3 is 0 Å². The normalized spacial score (nSPS) is 16.6. The fraction of sp³-hybridized carbons (Fsp3) is 0.500. The highest BCUT2D eigenvalue weighted by Crippen LogP contribution is 2.36. The summed E-state index contributed by atoms with van der Waals surface area (Å²) >= 11 is 3.46. The van der Waals surface area contributed by atoms with Gasteiger partial charge in [0.15, 0.2) is 0 Å². The van der Waals surface area contributed by atoms with E-state index in [9.17, 15) is 4.79 Å². The molecule has 0 heterocycles. The molecule has 1 aromatic carbocycles. The number of amides is 1. The summed E-state index contributed by atoms with van der Waals surface area (Å²) in [4.78, 5) is 12.0. The van der Waals surface area contributed by atoms with Crippen molar-refractivity contribution >= 4 is 21.8 Å². The Bertz CT molecular complexity index is 438. The van der Waals surface area contributed by atoms with Crippen LogP contribution in [0.2, 0.25) is 0 Å². The zero-order valence-electron chi connectivity index (χ0n) is 10.3. The summed E-state index contributed by atoms with van der Waals surface area (Å²) in [7, 11) is 0. The lowest BCUT2D eigenvalue weighted by molar-refractivity contribution is -0.121. The van der Waals surface area contributed by atoms with Crippen LogP contribution in [0.15, 0.2) is 18.2 Å². The molecule has 17 heavy (non-hydrogen) atoms. The summed E-state index contributed by atoms with van der Waals surface area (Å²) in [5, 5.41) is 3.99. The van der Waals surface area contributed by atoms with Crippen LogP contribution in [0.3, 0.4) is 0 Å². The van der Waals surface area contributed by atoms with Crippen molar-refractivity contribution in [1.29, 1.82) is 0 Å². The molecule has 0 aromatic heterocycles. The first kappa shape index (κ1) is 12.6. The van der Waals surface area contributed by atoms with Crippen LogP contribution in [0.4, 0.5) is 0 Å². The molecule has 0 atom stereocenters. The van der Waals surface area contributed by atoms with E-state index in [1.54, 1.807) is 0 Å². The summed E-state index contributed by atoms with van der Waals surface area (Å²) in [6.07, 6.45) is 2.68. The van der Waals surface area contributed by atoms with Gasteiger partial charge in [0.1, 0.15) is 0 Å². The molecule has 1 aliphatic carbocycles. The minimum absolute atomic E-state index is 0.0504. The van der Waals surface area contributed by atoms with E-state index in [0.29, 0.717) is 6.42 Å². The highest BCUT2D eigenvalue weighted by atomic mass is 79.9. The molecule has 0 saturated heterocycles. The maximum Gasteiger partial charge on any atom is 0.224 e. The highest BCUT2D eigenvalue weighted by Gasteiger charge is 2.42. The lowest BCUT2D eigenvalue weighted by atomic mass is 10.0. The molecule has 1 aliphatic rings. The Balaban J connectivity index is 2.00. The first-order chi connectivity index (χ1) is 8.04.